The molecule has 0 radical (unpaired) electrons. The third-order valence-electron chi connectivity index (χ3n) is 3.92. The summed E-state index contributed by atoms with van der Waals surface area (Å²) in [5.41, 5.74) is 0.549. The van der Waals surface area contributed by atoms with Crippen LogP contribution in [0.4, 0.5) is 0 Å². The summed E-state index contributed by atoms with van der Waals surface area (Å²) in [5, 5.41) is 3.50. The average molecular weight is 261 g/mol. The highest BCUT2D eigenvalue weighted by atomic mass is 16.5. The molecule has 1 saturated carbocycles. The number of rotatable bonds is 5. The Balaban J connectivity index is 2.37. The number of methoxy groups -OCH3 is 1. The van der Waals surface area contributed by atoms with Crippen LogP contribution in [0, 0.1) is 0 Å². The summed E-state index contributed by atoms with van der Waals surface area (Å²) >= 11 is 0. The lowest BCUT2D eigenvalue weighted by molar-refractivity contribution is -0.128. The predicted molar refractivity (Wildman–Crippen MR) is 76.4 cm³/mol. The molecule has 0 aromatic heterocycles. The van der Waals surface area contributed by atoms with E-state index in [0.29, 0.717) is 12.2 Å². The van der Waals surface area contributed by atoms with E-state index < -0.39 is 5.54 Å². The number of ketones is 1. The van der Waals surface area contributed by atoms with Crippen LogP contribution in [-0.4, -0.2) is 19.4 Å². The number of hydrogen-bond donors (Lipinski definition) is 1. The molecule has 1 fully saturated rings. The van der Waals surface area contributed by atoms with Crippen molar-refractivity contribution in [3.05, 3.63) is 29.8 Å². The van der Waals surface area contributed by atoms with Crippen molar-refractivity contribution in [2.75, 3.05) is 13.7 Å². The second-order valence-corrected chi connectivity index (χ2v) is 5.19. The Labute approximate surface area is 115 Å². The van der Waals surface area contributed by atoms with Gasteiger partial charge in [-0.2, -0.15) is 0 Å². The summed E-state index contributed by atoms with van der Waals surface area (Å²) in [7, 11) is 1.66. The molecule has 1 aliphatic rings. The molecule has 0 amide bonds. The van der Waals surface area contributed by atoms with Gasteiger partial charge in [0.2, 0.25) is 0 Å². The zero-order valence-electron chi connectivity index (χ0n) is 11.9. The predicted octanol–water partition coefficient (Wildman–Crippen LogP) is 3.03. The van der Waals surface area contributed by atoms with Crippen LogP contribution in [0.2, 0.25) is 0 Å². The van der Waals surface area contributed by atoms with Crippen LogP contribution in [0.15, 0.2) is 24.3 Å². The highest BCUT2D eigenvalue weighted by Crippen LogP contribution is 2.35. The summed E-state index contributed by atoms with van der Waals surface area (Å²) < 4.78 is 5.29. The standard InChI is InChI=1S/C16H23NO2/c1-3-11-17-16(10-5-4-9-15(16)18)13-7-6-8-14(12-13)19-2/h6-8,12,17H,3-5,9-11H2,1-2H3/t16-/m1/s1. The van der Waals surface area contributed by atoms with E-state index in [2.05, 4.69) is 12.2 Å². The van der Waals surface area contributed by atoms with E-state index >= 15 is 0 Å². The molecule has 1 atom stereocenters. The van der Waals surface area contributed by atoms with Crippen molar-refractivity contribution >= 4 is 5.78 Å². The Morgan fingerprint density at radius 2 is 2.21 bits per heavy atom. The van der Waals surface area contributed by atoms with E-state index in [9.17, 15) is 4.79 Å². The molecule has 2 rings (SSSR count). The second kappa shape index (κ2) is 6.20. The SMILES string of the molecule is CCCN[C@@]1(c2cccc(OC)c2)CCCCC1=O. The number of ether oxygens (including phenoxy) is 1. The molecule has 19 heavy (non-hydrogen) atoms. The molecule has 1 aromatic rings. The minimum atomic E-state index is -0.497. The fraction of sp³-hybridized carbons (Fsp3) is 0.562. The van der Waals surface area contributed by atoms with Crippen molar-refractivity contribution in [1.82, 2.24) is 5.32 Å². The van der Waals surface area contributed by atoms with Gasteiger partial charge in [-0.15, -0.1) is 0 Å². The molecule has 0 spiro atoms. The molecule has 1 N–H and O–H groups in total. The molecule has 0 heterocycles. The van der Waals surface area contributed by atoms with Crippen molar-refractivity contribution < 1.29 is 9.53 Å². The number of Topliss-reactive ketones (excluding diaryl/α,β-unsaturated/α-hetero) is 1. The van der Waals surface area contributed by atoms with E-state index in [1.165, 1.54) is 0 Å². The Morgan fingerprint density at radius 1 is 1.37 bits per heavy atom. The van der Waals surface area contributed by atoms with Crippen molar-refractivity contribution in [3.8, 4) is 5.75 Å². The molecular formula is C16H23NO2. The maximum absolute atomic E-state index is 12.5. The lowest BCUT2D eigenvalue weighted by atomic mass is 9.75. The molecule has 0 bridgehead atoms. The third-order valence-corrected chi connectivity index (χ3v) is 3.92. The molecular weight excluding hydrogens is 238 g/mol. The first-order valence-electron chi connectivity index (χ1n) is 7.16. The highest BCUT2D eigenvalue weighted by Gasteiger charge is 2.40. The van der Waals surface area contributed by atoms with E-state index in [-0.39, 0.29) is 0 Å². The lowest BCUT2D eigenvalue weighted by Crippen LogP contribution is -2.51. The van der Waals surface area contributed by atoms with E-state index in [4.69, 9.17) is 4.74 Å². The topological polar surface area (TPSA) is 38.3 Å². The molecule has 1 aromatic carbocycles. The zero-order chi connectivity index (χ0) is 13.7. The average Bonchev–Trinajstić information content (AvgIpc) is 2.47. The summed E-state index contributed by atoms with van der Waals surface area (Å²) in [6.45, 7) is 2.99. The van der Waals surface area contributed by atoms with Crippen LogP contribution in [-0.2, 0) is 10.3 Å². The normalized spacial score (nSPS) is 23.4. The Bertz CT molecular complexity index is 444. The van der Waals surface area contributed by atoms with Gasteiger partial charge in [-0.25, -0.2) is 0 Å². The number of hydrogen-bond acceptors (Lipinski definition) is 3. The molecule has 0 aliphatic heterocycles. The van der Waals surface area contributed by atoms with Crippen LogP contribution in [0.1, 0.15) is 44.6 Å². The van der Waals surface area contributed by atoms with Gasteiger partial charge in [-0.1, -0.05) is 25.5 Å². The first-order valence-corrected chi connectivity index (χ1v) is 7.16. The van der Waals surface area contributed by atoms with Gasteiger partial charge in [0.15, 0.2) is 5.78 Å². The van der Waals surface area contributed by atoms with E-state index in [1.54, 1.807) is 7.11 Å². The summed E-state index contributed by atoms with van der Waals surface area (Å²) in [5.74, 6) is 1.13. The van der Waals surface area contributed by atoms with Crippen molar-refractivity contribution in [3.63, 3.8) is 0 Å². The fourth-order valence-electron chi connectivity index (χ4n) is 2.85. The maximum Gasteiger partial charge on any atom is 0.157 e. The number of nitrogens with one attached hydrogen (secondary N) is 1. The first-order chi connectivity index (χ1) is 9.23. The van der Waals surface area contributed by atoms with Crippen LogP contribution in [0.25, 0.3) is 0 Å². The maximum atomic E-state index is 12.5. The van der Waals surface area contributed by atoms with Crippen molar-refractivity contribution in [2.45, 2.75) is 44.6 Å². The highest BCUT2D eigenvalue weighted by molar-refractivity contribution is 5.90. The smallest absolute Gasteiger partial charge is 0.157 e. The quantitative estimate of drug-likeness (QED) is 0.885. The molecule has 104 valence electrons. The van der Waals surface area contributed by atoms with Gasteiger partial charge in [0.1, 0.15) is 11.3 Å². The van der Waals surface area contributed by atoms with E-state index in [1.807, 2.05) is 24.3 Å². The number of carbonyl (C=O) groups is 1. The van der Waals surface area contributed by atoms with Crippen LogP contribution in [0.3, 0.4) is 0 Å². The molecule has 3 heteroatoms. The van der Waals surface area contributed by atoms with Gasteiger partial charge in [0.25, 0.3) is 0 Å². The number of carbonyl (C=O) groups excluding carboxylic acids is 1. The largest absolute Gasteiger partial charge is 0.497 e. The van der Waals surface area contributed by atoms with Gasteiger partial charge in [-0.3, -0.25) is 4.79 Å². The van der Waals surface area contributed by atoms with Gasteiger partial charge in [0.05, 0.1) is 7.11 Å². The van der Waals surface area contributed by atoms with Crippen molar-refractivity contribution in [1.29, 1.82) is 0 Å². The molecule has 1 aliphatic carbocycles. The van der Waals surface area contributed by atoms with Gasteiger partial charge in [0, 0.05) is 6.42 Å². The molecule has 0 unspecified atom stereocenters. The van der Waals surface area contributed by atoms with Crippen LogP contribution >= 0.6 is 0 Å². The van der Waals surface area contributed by atoms with Gasteiger partial charge < -0.3 is 10.1 Å². The zero-order valence-corrected chi connectivity index (χ0v) is 11.9. The third kappa shape index (κ3) is 2.81. The van der Waals surface area contributed by atoms with Crippen LogP contribution in [0.5, 0.6) is 5.75 Å². The molecule has 3 nitrogen and oxygen atoms in total. The summed E-state index contributed by atoms with van der Waals surface area (Å²) in [6, 6.07) is 7.91. The second-order valence-electron chi connectivity index (χ2n) is 5.19. The van der Waals surface area contributed by atoms with E-state index in [0.717, 1.165) is 43.5 Å². The Kier molecular flexibility index (Phi) is 4.59. The monoisotopic (exact) mass is 261 g/mol. The fourth-order valence-corrected chi connectivity index (χ4v) is 2.85. The minimum absolute atomic E-state index is 0.320. The Hall–Kier alpha value is -1.35. The van der Waals surface area contributed by atoms with Crippen LogP contribution < -0.4 is 10.1 Å². The minimum Gasteiger partial charge on any atom is -0.497 e. The van der Waals surface area contributed by atoms with Gasteiger partial charge in [-0.05, 0) is 43.5 Å². The number of benzene rings is 1. The van der Waals surface area contributed by atoms with Crippen molar-refractivity contribution in [2.24, 2.45) is 0 Å². The summed E-state index contributed by atoms with van der Waals surface area (Å²) in [4.78, 5) is 12.5. The Morgan fingerprint density at radius 3 is 2.89 bits per heavy atom. The summed E-state index contributed by atoms with van der Waals surface area (Å²) in [6.07, 6.45) is 4.70. The molecule has 0 saturated heterocycles. The first kappa shape index (κ1) is 14.1. The lowest BCUT2D eigenvalue weighted by Gasteiger charge is -2.37. The van der Waals surface area contributed by atoms with Gasteiger partial charge >= 0.3 is 0 Å².